The van der Waals surface area contributed by atoms with Crippen molar-refractivity contribution in [3.8, 4) is 0 Å². The van der Waals surface area contributed by atoms with Gasteiger partial charge in [-0.3, -0.25) is 4.98 Å². The molecule has 2 rings (SSSR count). The minimum absolute atomic E-state index is 0.430. The molecule has 1 fully saturated rings. The van der Waals surface area contributed by atoms with Gasteiger partial charge >= 0.3 is 0 Å². The molecule has 0 N–H and O–H groups in total. The summed E-state index contributed by atoms with van der Waals surface area (Å²) in [5.74, 6) is 0.662. The smallest absolute Gasteiger partial charge is 0.0305 e. The fraction of sp³-hybridized carbons (Fsp3) is 0.500. The molecule has 0 atom stereocenters. The van der Waals surface area contributed by atoms with Crippen molar-refractivity contribution in [2.75, 3.05) is 0 Å². The molecule has 15 heavy (non-hydrogen) atoms. The molecule has 1 aliphatic rings. The van der Waals surface area contributed by atoms with Crippen LogP contribution in [0.25, 0.3) is 0 Å². The molecule has 80 valence electrons. The molecule has 0 aromatic carbocycles. The van der Waals surface area contributed by atoms with Crippen molar-refractivity contribution in [3.05, 3.63) is 42.2 Å². The lowest BCUT2D eigenvalue weighted by atomic mass is 9.93. The van der Waals surface area contributed by atoms with Crippen LogP contribution in [0.5, 0.6) is 0 Å². The molecule has 0 spiro atoms. The highest BCUT2D eigenvalue weighted by molar-refractivity contribution is 5.29. The highest BCUT2D eigenvalue weighted by Crippen LogP contribution is 2.51. The number of pyridine rings is 1. The van der Waals surface area contributed by atoms with E-state index in [1.54, 1.807) is 0 Å². The van der Waals surface area contributed by atoms with Crippen LogP contribution in [0.1, 0.15) is 38.7 Å². The van der Waals surface area contributed by atoms with Gasteiger partial charge in [0.1, 0.15) is 0 Å². The third-order valence-electron chi connectivity index (χ3n) is 3.16. The highest BCUT2D eigenvalue weighted by atomic mass is 14.6. The second kappa shape index (κ2) is 4.18. The average Bonchev–Trinajstić information content (AvgIpc) is 3.00. The maximum atomic E-state index is 4.21. The molecule has 1 heterocycles. The van der Waals surface area contributed by atoms with Crippen molar-refractivity contribution >= 4 is 0 Å². The largest absolute Gasteiger partial charge is 0.264 e. The maximum Gasteiger partial charge on any atom is 0.0305 e. The Morgan fingerprint density at radius 1 is 1.47 bits per heavy atom. The molecule has 0 unspecified atom stereocenters. The molecule has 1 heteroatoms. The summed E-state index contributed by atoms with van der Waals surface area (Å²) in [5.41, 5.74) is 1.85. The fourth-order valence-corrected chi connectivity index (χ4v) is 2.00. The first-order chi connectivity index (χ1) is 7.23. The van der Waals surface area contributed by atoms with E-state index >= 15 is 0 Å². The van der Waals surface area contributed by atoms with E-state index in [9.17, 15) is 0 Å². The van der Waals surface area contributed by atoms with E-state index in [0.29, 0.717) is 11.3 Å². The van der Waals surface area contributed by atoms with E-state index in [4.69, 9.17) is 0 Å². The SMILES string of the molecule is CC(C)/C=C/CC1(c2cccnc2)CC1. The lowest BCUT2D eigenvalue weighted by Gasteiger charge is -2.12. The minimum Gasteiger partial charge on any atom is -0.264 e. The second-order valence-corrected chi connectivity index (χ2v) is 4.90. The van der Waals surface area contributed by atoms with Crippen molar-refractivity contribution in [2.45, 2.75) is 38.5 Å². The van der Waals surface area contributed by atoms with Gasteiger partial charge in [-0.25, -0.2) is 0 Å². The Kier molecular flexibility index (Phi) is 2.90. The van der Waals surface area contributed by atoms with Gasteiger partial charge in [-0.2, -0.15) is 0 Å². The first-order valence-corrected chi connectivity index (χ1v) is 5.80. The summed E-state index contributed by atoms with van der Waals surface area (Å²) in [7, 11) is 0. The van der Waals surface area contributed by atoms with Gasteiger partial charge in [0.05, 0.1) is 0 Å². The maximum absolute atomic E-state index is 4.21. The quantitative estimate of drug-likeness (QED) is 0.677. The van der Waals surface area contributed by atoms with Crippen LogP contribution in [0.4, 0.5) is 0 Å². The first kappa shape index (κ1) is 10.4. The van der Waals surface area contributed by atoms with E-state index in [0.717, 1.165) is 0 Å². The van der Waals surface area contributed by atoms with Crippen molar-refractivity contribution in [1.82, 2.24) is 4.98 Å². The summed E-state index contributed by atoms with van der Waals surface area (Å²) in [4.78, 5) is 4.21. The van der Waals surface area contributed by atoms with Gasteiger partial charge in [0, 0.05) is 17.8 Å². The highest BCUT2D eigenvalue weighted by Gasteiger charge is 2.42. The normalized spacial score (nSPS) is 18.6. The zero-order valence-corrected chi connectivity index (χ0v) is 9.61. The molecule has 1 aromatic heterocycles. The van der Waals surface area contributed by atoms with Gasteiger partial charge in [-0.1, -0.05) is 32.1 Å². The molecule has 0 saturated heterocycles. The van der Waals surface area contributed by atoms with Gasteiger partial charge < -0.3 is 0 Å². The van der Waals surface area contributed by atoms with Gasteiger partial charge in [0.25, 0.3) is 0 Å². The van der Waals surface area contributed by atoms with E-state index in [1.165, 1.54) is 24.8 Å². The molecule has 1 saturated carbocycles. The molecule has 0 amide bonds. The van der Waals surface area contributed by atoms with Gasteiger partial charge in [-0.15, -0.1) is 0 Å². The zero-order chi connectivity index (χ0) is 10.7. The lowest BCUT2D eigenvalue weighted by Crippen LogP contribution is -2.05. The monoisotopic (exact) mass is 201 g/mol. The summed E-state index contributed by atoms with van der Waals surface area (Å²) in [5, 5.41) is 0. The topological polar surface area (TPSA) is 12.9 Å². The second-order valence-electron chi connectivity index (χ2n) is 4.90. The molecular formula is C14H19N. The van der Waals surface area contributed by atoms with Crippen LogP contribution in [0.2, 0.25) is 0 Å². The standard InChI is InChI=1S/C14H19N/c1-12(2)5-3-7-14(8-9-14)13-6-4-10-15-11-13/h3-6,10-12H,7-9H2,1-2H3/b5-3+. The molecular weight excluding hydrogens is 182 g/mol. The van der Waals surface area contributed by atoms with Crippen LogP contribution in [0, 0.1) is 5.92 Å². The molecule has 1 aliphatic carbocycles. The van der Waals surface area contributed by atoms with Crippen molar-refractivity contribution in [3.63, 3.8) is 0 Å². The van der Waals surface area contributed by atoms with E-state index < -0.39 is 0 Å². The number of hydrogen-bond acceptors (Lipinski definition) is 1. The Hall–Kier alpha value is -1.11. The van der Waals surface area contributed by atoms with Crippen molar-refractivity contribution in [1.29, 1.82) is 0 Å². The molecule has 0 radical (unpaired) electrons. The van der Waals surface area contributed by atoms with Crippen LogP contribution < -0.4 is 0 Å². The van der Waals surface area contributed by atoms with Crippen LogP contribution >= 0.6 is 0 Å². The number of aromatic nitrogens is 1. The Bertz CT molecular complexity index is 334. The summed E-state index contributed by atoms with van der Waals surface area (Å²) in [6, 6.07) is 4.25. The Balaban J connectivity index is 2.03. The van der Waals surface area contributed by atoms with Crippen molar-refractivity contribution < 1.29 is 0 Å². The van der Waals surface area contributed by atoms with E-state index in [1.807, 2.05) is 18.5 Å². The Labute approximate surface area is 92.2 Å². The predicted molar refractivity (Wildman–Crippen MR) is 63.7 cm³/mol. The van der Waals surface area contributed by atoms with Crippen LogP contribution in [-0.2, 0) is 5.41 Å². The van der Waals surface area contributed by atoms with Crippen LogP contribution in [0.3, 0.4) is 0 Å². The van der Waals surface area contributed by atoms with Gasteiger partial charge in [-0.05, 0) is 36.8 Å². The number of hydrogen-bond donors (Lipinski definition) is 0. The average molecular weight is 201 g/mol. The predicted octanol–water partition coefficient (Wildman–Crippen LogP) is 3.72. The third-order valence-corrected chi connectivity index (χ3v) is 3.16. The summed E-state index contributed by atoms with van der Waals surface area (Å²) in [6.07, 6.45) is 12.3. The Morgan fingerprint density at radius 2 is 2.27 bits per heavy atom. The lowest BCUT2D eigenvalue weighted by molar-refractivity contribution is 0.695. The Morgan fingerprint density at radius 3 is 2.80 bits per heavy atom. The number of allylic oxidation sites excluding steroid dienone is 2. The molecule has 0 bridgehead atoms. The van der Waals surface area contributed by atoms with Gasteiger partial charge in [0.15, 0.2) is 0 Å². The fourth-order valence-electron chi connectivity index (χ4n) is 2.00. The van der Waals surface area contributed by atoms with Crippen LogP contribution in [0.15, 0.2) is 36.7 Å². The summed E-state index contributed by atoms with van der Waals surface area (Å²) in [6.45, 7) is 4.44. The van der Waals surface area contributed by atoms with E-state index in [-0.39, 0.29) is 0 Å². The van der Waals surface area contributed by atoms with E-state index in [2.05, 4.69) is 37.0 Å². The third kappa shape index (κ3) is 2.47. The molecule has 1 aromatic rings. The minimum atomic E-state index is 0.430. The molecule has 0 aliphatic heterocycles. The molecule has 1 nitrogen and oxygen atoms in total. The van der Waals surface area contributed by atoms with Crippen LogP contribution in [-0.4, -0.2) is 4.98 Å². The number of nitrogens with zero attached hydrogens (tertiary/aromatic N) is 1. The first-order valence-electron chi connectivity index (χ1n) is 5.80. The van der Waals surface area contributed by atoms with Gasteiger partial charge in [0.2, 0.25) is 0 Å². The van der Waals surface area contributed by atoms with Crippen molar-refractivity contribution in [2.24, 2.45) is 5.92 Å². The zero-order valence-electron chi connectivity index (χ0n) is 9.61. The summed E-state index contributed by atoms with van der Waals surface area (Å²) < 4.78 is 0. The summed E-state index contributed by atoms with van der Waals surface area (Å²) >= 11 is 0. The number of rotatable bonds is 4.